The number of carbonyl (C=O) groups excluding carboxylic acids is 2. The van der Waals surface area contributed by atoms with E-state index in [1.54, 1.807) is 0 Å². The molecule has 1 saturated heterocycles. The van der Waals surface area contributed by atoms with E-state index in [9.17, 15) is 14.7 Å². The van der Waals surface area contributed by atoms with Gasteiger partial charge in [-0.2, -0.15) is 0 Å². The Labute approximate surface area is 171 Å². The van der Waals surface area contributed by atoms with Crippen LogP contribution in [0.5, 0.6) is 0 Å². The zero-order valence-electron chi connectivity index (χ0n) is 16.5. The third-order valence-corrected chi connectivity index (χ3v) is 7.56. The summed E-state index contributed by atoms with van der Waals surface area (Å²) >= 11 is 6.06. The summed E-state index contributed by atoms with van der Waals surface area (Å²) in [5.74, 6) is 0.0344. The number of likely N-dealkylation sites (tertiary alicyclic amines) is 1. The zero-order valence-corrected chi connectivity index (χ0v) is 17.2. The van der Waals surface area contributed by atoms with Crippen LogP contribution in [0.15, 0.2) is 24.3 Å². The van der Waals surface area contributed by atoms with Crippen molar-refractivity contribution in [3.63, 3.8) is 0 Å². The van der Waals surface area contributed by atoms with Gasteiger partial charge in [-0.25, -0.2) is 0 Å². The molecule has 1 heterocycles. The molecule has 1 aromatic carbocycles. The fraction of sp³-hybridized carbons (Fsp3) is 0.636. The molecular formula is C22H28ClNO4. The molecule has 0 radical (unpaired) electrons. The van der Waals surface area contributed by atoms with Crippen molar-refractivity contribution in [2.24, 2.45) is 16.7 Å². The van der Waals surface area contributed by atoms with Crippen LogP contribution in [-0.2, 0) is 14.3 Å². The van der Waals surface area contributed by atoms with Crippen molar-refractivity contribution < 1.29 is 19.4 Å². The second kappa shape index (κ2) is 7.03. The highest BCUT2D eigenvalue weighted by Crippen LogP contribution is 2.64. The standard InChI is InChI=1S/C22H28ClNO4/c1-21(22(11-12-22)20(27)28-2)10-9-17(14-5-7-16(23)8-6-14)24(19(21)26)18(13-25)15-3-4-15/h5-8,15,17-18,25H,3-4,9-13H2,1-2H3/t17-,18?,21?/m0/s1. The number of piperidine rings is 1. The summed E-state index contributed by atoms with van der Waals surface area (Å²) in [6.45, 7) is 1.87. The number of hydrogen-bond acceptors (Lipinski definition) is 4. The van der Waals surface area contributed by atoms with Crippen LogP contribution < -0.4 is 0 Å². The highest BCUT2D eigenvalue weighted by atomic mass is 35.5. The summed E-state index contributed by atoms with van der Waals surface area (Å²) in [6.07, 6.45) is 4.82. The van der Waals surface area contributed by atoms with Gasteiger partial charge in [0.15, 0.2) is 0 Å². The van der Waals surface area contributed by atoms with E-state index >= 15 is 0 Å². The van der Waals surface area contributed by atoms with Gasteiger partial charge < -0.3 is 14.7 Å². The minimum Gasteiger partial charge on any atom is -0.469 e. The molecule has 3 atom stereocenters. The first-order valence-corrected chi connectivity index (χ1v) is 10.5. The number of halogens is 1. The van der Waals surface area contributed by atoms with E-state index < -0.39 is 10.8 Å². The van der Waals surface area contributed by atoms with E-state index in [-0.39, 0.29) is 30.6 Å². The molecule has 28 heavy (non-hydrogen) atoms. The van der Waals surface area contributed by atoms with Crippen molar-refractivity contribution in [2.45, 2.75) is 57.5 Å². The molecule has 1 aromatic rings. The molecule has 0 bridgehead atoms. The van der Waals surface area contributed by atoms with Gasteiger partial charge in [0.2, 0.25) is 5.91 Å². The number of benzene rings is 1. The minimum absolute atomic E-state index is 0.0208. The molecule has 0 aromatic heterocycles. The molecule has 3 aliphatic rings. The molecule has 1 amide bonds. The van der Waals surface area contributed by atoms with Crippen LogP contribution in [0.1, 0.15) is 57.1 Å². The van der Waals surface area contributed by atoms with Crippen LogP contribution in [0.4, 0.5) is 0 Å². The minimum atomic E-state index is -0.786. The van der Waals surface area contributed by atoms with E-state index in [4.69, 9.17) is 16.3 Å². The number of ether oxygens (including phenoxy) is 1. The van der Waals surface area contributed by atoms with E-state index in [1.807, 2.05) is 36.1 Å². The summed E-state index contributed by atoms with van der Waals surface area (Å²) < 4.78 is 5.08. The van der Waals surface area contributed by atoms with Gasteiger partial charge in [0.25, 0.3) is 0 Å². The van der Waals surface area contributed by atoms with Crippen molar-refractivity contribution in [1.29, 1.82) is 0 Å². The fourth-order valence-electron chi connectivity index (χ4n) is 5.18. The number of nitrogens with zero attached hydrogens (tertiary/aromatic N) is 1. The SMILES string of the molecule is COC(=O)C1(C2(C)CC[C@@H](c3ccc(Cl)cc3)N(C(CO)C3CC3)C2=O)CC1. The maximum atomic E-state index is 13.9. The Hall–Kier alpha value is -1.59. The maximum Gasteiger partial charge on any atom is 0.312 e. The molecule has 5 nitrogen and oxygen atoms in total. The third kappa shape index (κ3) is 2.94. The number of rotatable bonds is 6. The Kier molecular flexibility index (Phi) is 4.95. The van der Waals surface area contributed by atoms with Crippen LogP contribution in [0.25, 0.3) is 0 Å². The van der Waals surface area contributed by atoms with E-state index in [1.165, 1.54) is 7.11 Å². The van der Waals surface area contributed by atoms with Gasteiger partial charge in [0.1, 0.15) is 0 Å². The number of aliphatic hydroxyl groups is 1. The van der Waals surface area contributed by atoms with Crippen LogP contribution in [0.3, 0.4) is 0 Å². The normalized spacial score (nSPS) is 30.1. The van der Waals surface area contributed by atoms with Crippen LogP contribution >= 0.6 is 11.6 Å². The molecule has 2 saturated carbocycles. The predicted molar refractivity (Wildman–Crippen MR) is 106 cm³/mol. The summed E-state index contributed by atoms with van der Waals surface area (Å²) in [5, 5.41) is 10.8. The number of amides is 1. The average Bonchev–Trinajstić information content (AvgIpc) is 3.60. The second-order valence-corrected chi connectivity index (χ2v) is 9.25. The van der Waals surface area contributed by atoms with Gasteiger partial charge in [-0.1, -0.05) is 23.7 Å². The third-order valence-electron chi connectivity index (χ3n) is 7.31. The number of carbonyl (C=O) groups is 2. The lowest BCUT2D eigenvalue weighted by molar-refractivity contribution is -0.171. The van der Waals surface area contributed by atoms with Crippen LogP contribution in [0, 0.1) is 16.7 Å². The highest BCUT2D eigenvalue weighted by molar-refractivity contribution is 6.30. The lowest BCUT2D eigenvalue weighted by Crippen LogP contribution is -2.58. The Bertz CT molecular complexity index is 771. The molecule has 152 valence electrons. The van der Waals surface area contributed by atoms with E-state index in [0.717, 1.165) is 24.8 Å². The highest BCUT2D eigenvalue weighted by Gasteiger charge is 2.68. The monoisotopic (exact) mass is 405 g/mol. The van der Waals surface area contributed by atoms with Gasteiger partial charge in [-0.15, -0.1) is 0 Å². The predicted octanol–water partition coefficient (Wildman–Crippen LogP) is 3.73. The van der Waals surface area contributed by atoms with Crippen molar-refractivity contribution >= 4 is 23.5 Å². The molecular weight excluding hydrogens is 378 g/mol. The van der Waals surface area contributed by atoms with Crippen molar-refractivity contribution in [1.82, 2.24) is 4.90 Å². The maximum absolute atomic E-state index is 13.9. The van der Waals surface area contributed by atoms with Gasteiger partial charge in [-0.05, 0) is 69.1 Å². The number of esters is 1. The Morgan fingerprint density at radius 2 is 1.89 bits per heavy atom. The van der Waals surface area contributed by atoms with E-state index in [0.29, 0.717) is 30.2 Å². The molecule has 4 rings (SSSR count). The molecule has 2 unspecified atom stereocenters. The van der Waals surface area contributed by atoms with Gasteiger partial charge in [0.05, 0.1) is 36.6 Å². The molecule has 6 heteroatoms. The molecule has 3 fully saturated rings. The lowest BCUT2D eigenvalue weighted by atomic mass is 9.66. The van der Waals surface area contributed by atoms with Gasteiger partial charge >= 0.3 is 5.97 Å². The largest absolute Gasteiger partial charge is 0.469 e. The summed E-state index contributed by atoms with van der Waals surface area (Å²) in [4.78, 5) is 28.4. The molecule has 2 aliphatic carbocycles. The Balaban J connectivity index is 1.72. The topological polar surface area (TPSA) is 66.8 Å². The van der Waals surface area contributed by atoms with Crippen molar-refractivity contribution in [2.75, 3.05) is 13.7 Å². The average molecular weight is 406 g/mol. The Morgan fingerprint density at radius 1 is 1.25 bits per heavy atom. The van der Waals surface area contributed by atoms with Crippen LogP contribution in [0.2, 0.25) is 5.02 Å². The fourth-order valence-corrected chi connectivity index (χ4v) is 5.31. The molecule has 0 spiro atoms. The van der Waals surface area contributed by atoms with Crippen LogP contribution in [-0.4, -0.2) is 41.6 Å². The lowest BCUT2D eigenvalue weighted by Gasteiger charge is -2.50. The van der Waals surface area contributed by atoms with E-state index in [2.05, 4.69) is 0 Å². The molecule has 1 N–H and O–H groups in total. The quantitative estimate of drug-likeness (QED) is 0.732. The molecule has 1 aliphatic heterocycles. The number of methoxy groups -OCH3 is 1. The first kappa shape index (κ1) is 19.7. The number of hydrogen-bond donors (Lipinski definition) is 1. The zero-order chi connectivity index (χ0) is 20.1. The summed E-state index contributed by atoms with van der Waals surface area (Å²) in [5.41, 5.74) is -0.474. The smallest absolute Gasteiger partial charge is 0.312 e. The summed E-state index contributed by atoms with van der Waals surface area (Å²) in [6, 6.07) is 7.30. The van der Waals surface area contributed by atoms with Gasteiger partial charge in [-0.3, -0.25) is 9.59 Å². The number of aliphatic hydroxyl groups excluding tert-OH is 1. The first-order chi connectivity index (χ1) is 13.4. The Morgan fingerprint density at radius 3 is 2.39 bits per heavy atom. The summed E-state index contributed by atoms with van der Waals surface area (Å²) in [7, 11) is 1.40. The van der Waals surface area contributed by atoms with Crippen molar-refractivity contribution in [3.05, 3.63) is 34.9 Å². The first-order valence-electron chi connectivity index (χ1n) is 10.2. The second-order valence-electron chi connectivity index (χ2n) is 8.81. The van der Waals surface area contributed by atoms with Gasteiger partial charge in [0, 0.05) is 5.02 Å². The van der Waals surface area contributed by atoms with Crippen molar-refractivity contribution in [3.8, 4) is 0 Å².